The number of aryl methyl sites for hydroxylation is 2. The summed E-state index contributed by atoms with van der Waals surface area (Å²) in [5, 5.41) is 30.3. The highest BCUT2D eigenvalue weighted by Crippen LogP contribution is 2.27. The summed E-state index contributed by atoms with van der Waals surface area (Å²) in [5.41, 5.74) is 8.39. The molecule has 20 heavy (non-hydrogen) atoms. The number of aromatic nitrogens is 1. The van der Waals surface area contributed by atoms with Crippen LogP contribution in [-0.2, 0) is 12.8 Å². The smallest absolute Gasteiger partial charge is 0.173 e. The van der Waals surface area contributed by atoms with Gasteiger partial charge in [-0.15, -0.1) is 0 Å². The van der Waals surface area contributed by atoms with Crippen molar-refractivity contribution < 1.29 is 15.4 Å². The second kappa shape index (κ2) is 6.53. The summed E-state index contributed by atoms with van der Waals surface area (Å²) in [7, 11) is 0. The Bertz CT molecular complexity index is 499. The summed E-state index contributed by atoms with van der Waals surface area (Å²) in [6.07, 6.45) is 2.89. The van der Waals surface area contributed by atoms with Gasteiger partial charge in [0.05, 0.1) is 18.8 Å². The quantitative estimate of drug-likeness (QED) is 0.241. The molecule has 1 heterocycles. The van der Waals surface area contributed by atoms with Crippen molar-refractivity contribution in [2.45, 2.75) is 19.3 Å². The van der Waals surface area contributed by atoms with Crippen molar-refractivity contribution in [1.29, 1.82) is 0 Å². The number of oxime groups is 1. The largest absolute Gasteiger partial charge is 0.409 e. The van der Waals surface area contributed by atoms with E-state index in [1.807, 2.05) is 6.07 Å². The van der Waals surface area contributed by atoms with Crippen LogP contribution in [0.4, 0.5) is 5.82 Å². The minimum Gasteiger partial charge on any atom is -0.409 e. The maximum atomic E-state index is 9.14. The number of hydrogen-bond acceptors (Lipinski definition) is 6. The van der Waals surface area contributed by atoms with Gasteiger partial charge in [0, 0.05) is 18.8 Å². The zero-order chi connectivity index (χ0) is 14.5. The van der Waals surface area contributed by atoms with Gasteiger partial charge in [0.25, 0.3) is 0 Å². The molecule has 0 aromatic carbocycles. The number of rotatable bonds is 6. The van der Waals surface area contributed by atoms with Crippen molar-refractivity contribution in [2.75, 3.05) is 31.2 Å². The van der Waals surface area contributed by atoms with Crippen LogP contribution in [0, 0.1) is 0 Å². The zero-order valence-electron chi connectivity index (χ0n) is 11.3. The monoisotopic (exact) mass is 280 g/mol. The molecule has 1 aromatic rings. The lowest BCUT2D eigenvalue weighted by Crippen LogP contribution is -2.33. The topological polar surface area (TPSA) is 115 Å². The third-order valence-electron chi connectivity index (χ3n) is 3.45. The van der Waals surface area contributed by atoms with Crippen LogP contribution in [0.2, 0.25) is 0 Å². The maximum absolute atomic E-state index is 9.14. The minimum atomic E-state index is -0.0611. The molecule has 0 saturated carbocycles. The Morgan fingerprint density at radius 2 is 2.00 bits per heavy atom. The van der Waals surface area contributed by atoms with E-state index in [0.717, 1.165) is 30.5 Å². The first-order valence-electron chi connectivity index (χ1n) is 6.68. The Labute approximate surface area is 117 Å². The van der Waals surface area contributed by atoms with Gasteiger partial charge in [0.2, 0.25) is 0 Å². The first-order chi connectivity index (χ1) is 9.71. The van der Waals surface area contributed by atoms with E-state index >= 15 is 0 Å². The van der Waals surface area contributed by atoms with Crippen molar-refractivity contribution in [3.05, 3.63) is 22.9 Å². The summed E-state index contributed by atoms with van der Waals surface area (Å²) >= 11 is 0. The van der Waals surface area contributed by atoms with E-state index < -0.39 is 0 Å². The van der Waals surface area contributed by atoms with Crippen LogP contribution in [0.1, 0.15) is 23.2 Å². The molecular formula is C13H20N4O3. The molecule has 1 aliphatic carbocycles. The van der Waals surface area contributed by atoms with E-state index in [9.17, 15) is 0 Å². The summed E-state index contributed by atoms with van der Waals surface area (Å²) in [6, 6.07) is 1.89. The normalized spacial score (nSPS) is 14.4. The zero-order valence-corrected chi connectivity index (χ0v) is 11.3. The minimum absolute atomic E-state index is 0.0110. The molecule has 0 atom stereocenters. The Kier molecular flexibility index (Phi) is 4.75. The summed E-state index contributed by atoms with van der Waals surface area (Å²) in [5.74, 6) is 0.534. The van der Waals surface area contributed by atoms with Crippen LogP contribution in [0.5, 0.6) is 0 Å². The number of hydrogen-bond donors (Lipinski definition) is 4. The lowest BCUT2D eigenvalue weighted by molar-refractivity contribution is 0.280. The number of aliphatic hydroxyl groups excluding tert-OH is 2. The molecule has 0 bridgehead atoms. The first-order valence-corrected chi connectivity index (χ1v) is 6.68. The standard InChI is InChI=1S/C13H20N4O3/c14-12(16-20)10-8-9-2-1-3-11(9)15-13(10)17(4-6-18)5-7-19/h8,18-20H,1-7H2,(H2,14,16). The van der Waals surface area contributed by atoms with Gasteiger partial charge in [-0.2, -0.15) is 0 Å². The second-order valence-corrected chi connectivity index (χ2v) is 4.74. The molecule has 7 nitrogen and oxygen atoms in total. The molecule has 1 aromatic heterocycles. The van der Waals surface area contributed by atoms with Crippen LogP contribution in [0.15, 0.2) is 11.2 Å². The van der Waals surface area contributed by atoms with Crippen molar-refractivity contribution in [3.8, 4) is 0 Å². The maximum Gasteiger partial charge on any atom is 0.173 e. The number of fused-ring (bicyclic) bond motifs is 1. The van der Waals surface area contributed by atoms with Gasteiger partial charge >= 0.3 is 0 Å². The average Bonchev–Trinajstić information content (AvgIpc) is 2.92. The Balaban J connectivity index is 2.47. The molecule has 0 spiro atoms. The molecule has 0 amide bonds. The summed E-state index contributed by atoms with van der Waals surface area (Å²) in [6.45, 7) is 0.541. The highest BCUT2D eigenvalue weighted by atomic mass is 16.4. The fraction of sp³-hybridized carbons (Fsp3) is 0.538. The molecule has 1 aliphatic rings. The third-order valence-corrected chi connectivity index (χ3v) is 3.45. The number of anilines is 1. The number of nitrogens with two attached hydrogens (primary N) is 1. The Morgan fingerprint density at radius 1 is 1.30 bits per heavy atom. The Morgan fingerprint density at radius 3 is 2.60 bits per heavy atom. The Hall–Kier alpha value is -1.86. The molecule has 0 aliphatic heterocycles. The van der Waals surface area contributed by atoms with Gasteiger partial charge in [-0.05, 0) is 30.9 Å². The highest BCUT2D eigenvalue weighted by molar-refractivity contribution is 6.01. The van der Waals surface area contributed by atoms with Gasteiger partial charge in [0.1, 0.15) is 5.82 Å². The number of aliphatic hydroxyl groups is 2. The van der Waals surface area contributed by atoms with Crippen LogP contribution in [0.3, 0.4) is 0 Å². The fourth-order valence-electron chi connectivity index (χ4n) is 2.51. The predicted octanol–water partition coefficient (Wildman–Crippen LogP) is -0.544. The fourth-order valence-corrected chi connectivity index (χ4v) is 2.51. The lowest BCUT2D eigenvalue weighted by Gasteiger charge is -2.25. The van der Waals surface area contributed by atoms with Gasteiger partial charge < -0.3 is 26.1 Å². The van der Waals surface area contributed by atoms with Crippen molar-refractivity contribution >= 4 is 11.7 Å². The van der Waals surface area contributed by atoms with E-state index in [2.05, 4.69) is 10.1 Å². The van der Waals surface area contributed by atoms with Crippen molar-refractivity contribution in [2.24, 2.45) is 10.9 Å². The van der Waals surface area contributed by atoms with E-state index in [4.69, 9.17) is 21.2 Å². The summed E-state index contributed by atoms with van der Waals surface area (Å²) in [4.78, 5) is 6.33. The van der Waals surface area contributed by atoms with Crippen molar-refractivity contribution in [1.82, 2.24) is 4.98 Å². The number of pyridine rings is 1. The van der Waals surface area contributed by atoms with Gasteiger partial charge in [-0.1, -0.05) is 5.16 Å². The van der Waals surface area contributed by atoms with Crippen LogP contribution < -0.4 is 10.6 Å². The van der Waals surface area contributed by atoms with Crippen molar-refractivity contribution in [3.63, 3.8) is 0 Å². The van der Waals surface area contributed by atoms with E-state index in [1.54, 1.807) is 4.90 Å². The lowest BCUT2D eigenvalue weighted by atomic mass is 10.1. The van der Waals surface area contributed by atoms with E-state index in [-0.39, 0.29) is 19.0 Å². The van der Waals surface area contributed by atoms with Gasteiger partial charge in [-0.25, -0.2) is 4.98 Å². The molecule has 0 unspecified atom stereocenters. The molecule has 7 heteroatoms. The second-order valence-electron chi connectivity index (χ2n) is 4.74. The number of nitrogens with zero attached hydrogens (tertiary/aromatic N) is 3. The molecule has 0 saturated heterocycles. The molecule has 110 valence electrons. The summed E-state index contributed by atoms with van der Waals surface area (Å²) < 4.78 is 0. The van der Waals surface area contributed by atoms with Crippen LogP contribution in [0.25, 0.3) is 0 Å². The van der Waals surface area contributed by atoms with Crippen LogP contribution in [-0.4, -0.2) is 52.5 Å². The first kappa shape index (κ1) is 14.5. The predicted molar refractivity (Wildman–Crippen MR) is 75.2 cm³/mol. The van der Waals surface area contributed by atoms with Crippen LogP contribution >= 0.6 is 0 Å². The van der Waals surface area contributed by atoms with E-state index in [0.29, 0.717) is 24.5 Å². The van der Waals surface area contributed by atoms with E-state index in [1.165, 1.54) is 0 Å². The molecular weight excluding hydrogens is 260 g/mol. The third kappa shape index (κ3) is 2.83. The highest BCUT2D eigenvalue weighted by Gasteiger charge is 2.21. The molecule has 2 rings (SSSR count). The van der Waals surface area contributed by atoms with Gasteiger partial charge in [0.15, 0.2) is 5.84 Å². The molecule has 0 fully saturated rings. The SMILES string of the molecule is NC(=NO)c1cc2c(nc1N(CCO)CCO)CCC2. The molecule has 5 N–H and O–H groups in total. The number of amidine groups is 1. The van der Waals surface area contributed by atoms with Gasteiger partial charge in [-0.3, -0.25) is 0 Å². The molecule has 0 radical (unpaired) electrons. The average molecular weight is 280 g/mol.